The largest absolute Gasteiger partial charge is 0.481 e. The van der Waals surface area contributed by atoms with Crippen LogP contribution in [0.25, 0.3) is 38.8 Å². The minimum atomic E-state index is -0.784. The van der Waals surface area contributed by atoms with Gasteiger partial charge in [0.05, 0.1) is 22.6 Å². The molecule has 0 unspecified atom stereocenters. The van der Waals surface area contributed by atoms with E-state index in [-0.39, 0.29) is 18.3 Å². The average Bonchev–Trinajstić information content (AvgIpc) is 3.65. The van der Waals surface area contributed by atoms with E-state index in [9.17, 15) is 9.90 Å². The standard InChI is InChI=1S/C34H36N4O2/c1-8-21-17(4)25-13-27-19(6)23(10-11-31(39)40)33(37-27)24-12-16(3)32-20(7)28(38-34(24)32)15-30-22(9-2)18(5)26(36-30)14-29(21)35-25/h8,13-15,19,23,36,38H,1,3,9-12H2,2,4-7H3,(H,39,40)/t19-,23-/m0/s1. The zero-order valence-electron chi connectivity index (χ0n) is 24.0. The van der Waals surface area contributed by atoms with Crippen molar-refractivity contribution in [3.8, 4) is 0 Å². The Bertz CT molecular complexity index is 1830. The molecule has 0 aromatic carbocycles. The van der Waals surface area contributed by atoms with Gasteiger partial charge in [-0.1, -0.05) is 33.1 Å². The van der Waals surface area contributed by atoms with Crippen LogP contribution in [0.5, 0.6) is 0 Å². The summed E-state index contributed by atoms with van der Waals surface area (Å²) in [6.07, 6.45) is 4.14. The molecule has 0 saturated heterocycles. The molecule has 1 aliphatic carbocycles. The fourth-order valence-electron chi connectivity index (χ4n) is 6.86. The highest BCUT2D eigenvalue weighted by Crippen LogP contribution is 2.46. The lowest BCUT2D eigenvalue weighted by atomic mass is 9.85. The van der Waals surface area contributed by atoms with Crippen molar-refractivity contribution in [2.75, 3.05) is 0 Å². The van der Waals surface area contributed by atoms with Crippen LogP contribution in [0.4, 0.5) is 0 Å². The summed E-state index contributed by atoms with van der Waals surface area (Å²) in [5.41, 5.74) is 17.1. The number of fused-ring (bicyclic) bond motifs is 8. The molecule has 2 aliphatic heterocycles. The summed E-state index contributed by atoms with van der Waals surface area (Å²) in [6.45, 7) is 19.3. The number of hydrogen-bond acceptors (Lipinski definition) is 3. The summed E-state index contributed by atoms with van der Waals surface area (Å²) in [4.78, 5) is 29.3. The van der Waals surface area contributed by atoms with E-state index in [1.54, 1.807) is 0 Å². The summed E-state index contributed by atoms with van der Waals surface area (Å²) in [5, 5.41) is 9.53. The van der Waals surface area contributed by atoms with Gasteiger partial charge in [-0.3, -0.25) is 9.78 Å². The molecule has 0 saturated carbocycles. The molecule has 2 atom stereocenters. The summed E-state index contributed by atoms with van der Waals surface area (Å²) in [5.74, 6) is -0.719. The number of hydrogen-bond donors (Lipinski definition) is 3. The van der Waals surface area contributed by atoms with Crippen LogP contribution in [-0.4, -0.2) is 31.0 Å². The first-order valence-corrected chi connectivity index (χ1v) is 14.1. The van der Waals surface area contributed by atoms with Gasteiger partial charge >= 0.3 is 5.97 Å². The van der Waals surface area contributed by atoms with E-state index in [0.29, 0.717) is 12.8 Å². The third kappa shape index (κ3) is 3.88. The van der Waals surface area contributed by atoms with Crippen molar-refractivity contribution in [2.45, 2.75) is 72.1 Å². The quantitative estimate of drug-likeness (QED) is 0.311. The predicted molar refractivity (Wildman–Crippen MR) is 163 cm³/mol. The number of nitrogens with one attached hydrogen (secondary N) is 2. The van der Waals surface area contributed by atoms with Crippen molar-refractivity contribution < 1.29 is 9.90 Å². The highest BCUT2D eigenvalue weighted by Gasteiger charge is 2.34. The molecule has 40 heavy (non-hydrogen) atoms. The second-order valence-corrected chi connectivity index (χ2v) is 11.4. The number of carbonyl (C=O) groups is 1. The molecular formula is C34H36N4O2. The highest BCUT2D eigenvalue weighted by atomic mass is 16.4. The zero-order chi connectivity index (χ0) is 28.5. The van der Waals surface area contributed by atoms with Crippen molar-refractivity contribution in [2.24, 2.45) is 0 Å². The zero-order valence-corrected chi connectivity index (χ0v) is 24.0. The number of aromatic amines is 2. The molecule has 8 bridgehead atoms. The summed E-state index contributed by atoms with van der Waals surface area (Å²) >= 11 is 0. The number of carboxylic acids is 1. The second-order valence-electron chi connectivity index (χ2n) is 11.4. The average molecular weight is 533 g/mol. The molecule has 0 fully saturated rings. The van der Waals surface area contributed by atoms with Crippen LogP contribution in [0.2, 0.25) is 0 Å². The minimum Gasteiger partial charge on any atom is -0.481 e. The Morgan fingerprint density at radius 3 is 2.52 bits per heavy atom. The Morgan fingerprint density at radius 2 is 1.82 bits per heavy atom. The van der Waals surface area contributed by atoms with E-state index in [4.69, 9.17) is 9.97 Å². The van der Waals surface area contributed by atoms with Gasteiger partial charge in [0.25, 0.3) is 0 Å². The maximum Gasteiger partial charge on any atom is 0.303 e. The smallest absolute Gasteiger partial charge is 0.303 e. The Morgan fingerprint density at radius 1 is 1.07 bits per heavy atom. The molecule has 6 rings (SSSR count). The Labute approximate surface area is 234 Å². The van der Waals surface area contributed by atoms with Crippen LogP contribution in [0.1, 0.15) is 96.0 Å². The lowest BCUT2D eigenvalue weighted by molar-refractivity contribution is -0.137. The molecule has 3 aromatic heterocycles. The first kappa shape index (κ1) is 26.1. The van der Waals surface area contributed by atoms with Gasteiger partial charge in [0.15, 0.2) is 0 Å². The minimum absolute atomic E-state index is 0.00267. The topological polar surface area (TPSA) is 94.7 Å². The SMILES string of the molecule is C=CC1=C(C)c2cc3nc(c4c5[nH]c(cc6[nH]c(cc1n2)c(C)c6CC)c(C)c5C(=C)C4)[C@@H](CCC(=O)O)[C@@H]3C. The first-order valence-electron chi connectivity index (χ1n) is 14.1. The number of carboxylic acid groups (broad SMARTS) is 1. The van der Waals surface area contributed by atoms with Crippen LogP contribution in [0, 0.1) is 13.8 Å². The van der Waals surface area contributed by atoms with E-state index < -0.39 is 5.97 Å². The van der Waals surface area contributed by atoms with Gasteiger partial charge < -0.3 is 15.1 Å². The maximum atomic E-state index is 11.6. The fraction of sp³-hybridized carbons (Fsp3) is 0.324. The number of aryl methyl sites for hydroxylation is 3. The van der Waals surface area contributed by atoms with E-state index in [0.717, 1.165) is 79.1 Å². The number of allylic oxidation sites excluding steroid dienone is 4. The lowest BCUT2D eigenvalue weighted by Crippen LogP contribution is -2.07. The van der Waals surface area contributed by atoms with Gasteiger partial charge in [0.1, 0.15) is 0 Å². The monoisotopic (exact) mass is 532 g/mol. The van der Waals surface area contributed by atoms with Crippen molar-refractivity contribution in [1.29, 1.82) is 0 Å². The molecule has 0 amide bonds. The number of H-pyrrole nitrogens is 2. The Hall–Kier alpha value is -4.19. The van der Waals surface area contributed by atoms with Crippen LogP contribution in [-0.2, 0) is 17.6 Å². The molecule has 0 spiro atoms. The number of aliphatic carboxylic acids is 1. The van der Waals surface area contributed by atoms with Crippen LogP contribution in [0.3, 0.4) is 0 Å². The summed E-state index contributed by atoms with van der Waals surface area (Å²) in [6, 6.07) is 6.43. The lowest BCUT2D eigenvalue weighted by Gasteiger charge is -2.16. The molecule has 3 aliphatic rings. The molecule has 6 heteroatoms. The fourth-order valence-corrected chi connectivity index (χ4v) is 6.86. The van der Waals surface area contributed by atoms with Crippen molar-refractivity contribution >= 4 is 44.8 Å². The van der Waals surface area contributed by atoms with E-state index in [1.165, 1.54) is 16.7 Å². The first-order chi connectivity index (χ1) is 19.1. The van der Waals surface area contributed by atoms with Crippen LogP contribution in [0.15, 0.2) is 37.4 Å². The molecule has 204 valence electrons. The predicted octanol–water partition coefficient (Wildman–Crippen LogP) is 7.93. The molecule has 3 aromatic rings. The van der Waals surface area contributed by atoms with Gasteiger partial charge in [-0.2, -0.15) is 0 Å². The highest BCUT2D eigenvalue weighted by molar-refractivity contribution is 5.97. The summed E-state index contributed by atoms with van der Waals surface area (Å²) < 4.78 is 0. The number of nitrogens with zero attached hydrogens (tertiary/aromatic N) is 2. The maximum absolute atomic E-state index is 11.6. The third-order valence-electron chi connectivity index (χ3n) is 9.15. The van der Waals surface area contributed by atoms with Gasteiger partial charge in [-0.05, 0) is 79.6 Å². The van der Waals surface area contributed by atoms with Crippen molar-refractivity contribution in [3.05, 3.63) is 88.0 Å². The normalized spacial score (nSPS) is 18.1. The second kappa shape index (κ2) is 9.47. The molecular weight excluding hydrogens is 496 g/mol. The Kier molecular flexibility index (Phi) is 6.17. The van der Waals surface area contributed by atoms with Gasteiger partial charge in [0.2, 0.25) is 0 Å². The van der Waals surface area contributed by atoms with E-state index in [1.807, 2.05) is 6.08 Å². The molecule has 6 nitrogen and oxygen atoms in total. The van der Waals surface area contributed by atoms with Gasteiger partial charge in [-0.25, -0.2) is 4.98 Å². The third-order valence-corrected chi connectivity index (χ3v) is 9.15. The van der Waals surface area contributed by atoms with Crippen molar-refractivity contribution in [3.63, 3.8) is 0 Å². The Balaban J connectivity index is 1.77. The summed E-state index contributed by atoms with van der Waals surface area (Å²) in [7, 11) is 0. The number of rotatable bonds is 5. The van der Waals surface area contributed by atoms with E-state index in [2.05, 4.69) is 75.9 Å². The molecule has 3 N–H and O–H groups in total. The molecule has 0 radical (unpaired) electrons. The van der Waals surface area contributed by atoms with Crippen LogP contribution < -0.4 is 0 Å². The van der Waals surface area contributed by atoms with Gasteiger partial charge in [-0.15, -0.1) is 0 Å². The number of aromatic nitrogens is 4. The molecule has 5 heterocycles. The van der Waals surface area contributed by atoms with Crippen molar-refractivity contribution in [1.82, 2.24) is 19.9 Å². The van der Waals surface area contributed by atoms with Gasteiger partial charge in [0, 0.05) is 63.6 Å². The van der Waals surface area contributed by atoms with Crippen LogP contribution >= 0.6 is 0 Å². The van der Waals surface area contributed by atoms with E-state index >= 15 is 0 Å².